The van der Waals surface area contributed by atoms with Crippen molar-refractivity contribution in [2.24, 2.45) is 5.92 Å². The fourth-order valence-corrected chi connectivity index (χ4v) is 2.06. The van der Waals surface area contributed by atoms with E-state index in [9.17, 15) is 4.79 Å². The highest BCUT2D eigenvalue weighted by Crippen LogP contribution is 2.11. The van der Waals surface area contributed by atoms with Crippen LogP contribution < -0.4 is 5.32 Å². The summed E-state index contributed by atoms with van der Waals surface area (Å²) in [5, 5.41) is 3.25. The van der Waals surface area contributed by atoms with Gasteiger partial charge in [-0.3, -0.25) is 10.1 Å². The van der Waals surface area contributed by atoms with E-state index in [0.717, 1.165) is 39.0 Å². The maximum atomic E-state index is 11.7. The molecule has 0 saturated carbocycles. The highest BCUT2D eigenvalue weighted by molar-refractivity contribution is 5.80. The number of hydrogen-bond acceptors (Lipinski definition) is 3. The van der Waals surface area contributed by atoms with Crippen LogP contribution in [0, 0.1) is 5.92 Å². The first-order valence-corrected chi connectivity index (χ1v) is 6.75. The summed E-state index contributed by atoms with van der Waals surface area (Å²) < 4.78 is 5.53. The van der Waals surface area contributed by atoms with Gasteiger partial charge in [0.2, 0.25) is 5.91 Å². The van der Waals surface area contributed by atoms with Crippen molar-refractivity contribution in [1.29, 1.82) is 0 Å². The minimum atomic E-state index is 0.229. The van der Waals surface area contributed by atoms with E-state index in [4.69, 9.17) is 4.74 Å². The molecule has 0 aromatic rings. The van der Waals surface area contributed by atoms with Gasteiger partial charge in [-0.15, -0.1) is 0 Å². The van der Waals surface area contributed by atoms with Crippen molar-refractivity contribution in [1.82, 2.24) is 10.2 Å². The Morgan fingerprint density at radius 1 is 1.53 bits per heavy atom. The first kappa shape index (κ1) is 14.5. The molecule has 1 fully saturated rings. The number of carbonyl (C=O) groups excluding carboxylic acids is 1. The number of amides is 1. The molecule has 1 heterocycles. The first-order chi connectivity index (χ1) is 8.15. The third-order valence-corrected chi connectivity index (χ3v) is 2.89. The van der Waals surface area contributed by atoms with Gasteiger partial charge in [0.05, 0.1) is 12.7 Å². The topological polar surface area (TPSA) is 41.6 Å². The number of nitrogens with one attached hydrogen (secondary N) is 1. The normalized spacial score (nSPS) is 20.6. The lowest BCUT2D eigenvalue weighted by Gasteiger charge is -2.23. The average Bonchev–Trinajstić information content (AvgIpc) is 2.61. The summed E-state index contributed by atoms with van der Waals surface area (Å²) in [6.45, 7) is 9.31. The molecule has 4 heteroatoms. The second-order valence-electron chi connectivity index (χ2n) is 5.09. The molecular weight excluding hydrogens is 216 g/mol. The molecule has 17 heavy (non-hydrogen) atoms. The van der Waals surface area contributed by atoms with E-state index in [-0.39, 0.29) is 12.1 Å². The summed E-state index contributed by atoms with van der Waals surface area (Å²) in [6, 6.07) is 0. The first-order valence-electron chi connectivity index (χ1n) is 6.75. The Labute approximate surface area is 105 Å². The molecule has 0 radical (unpaired) electrons. The van der Waals surface area contributed by atoms with Crippen LogP contribution in [-0.4, -0.2) is 43.3 Å². The van der Waals surface area contributed by atoms with Gasteiger partial charge in [0, 0.05) is 19.8 Å². The molecule has 0 aromatic heterocycles. The van der Waals surface area contributed by atoms with Gasteiger partial charge in [0.15, 0.2) is 0 Å². The minimum Gasteiger partial charge on any atom is -0.381 e. The van der Waals surface area contributed by atoms with Gasteiger partial charge in [-0.25, -0.2) is 0 Å². The van der Waals surface area contributed by atoms with E-state index in [1.165, 1.54) is 0 Å². The zero-order valence-electron chi connectivity index (χ0n) is 11.4. The molecule has 1 rings (SSSR count). The summed E-state index contributed by atoms with van der Waals surface area (Å²) >= 11 is 0. The Morgan fingerprint density at radius 2 is 2.29 bits per heavy atom. The van der Waals surface area contributed by atoms with Crippen LogP contribution in [0.1, 0.15) is 40.0 Å². The lowest BCUT2D eigenvalue weighted by Crippen LogP contribution is -2.38. The molecule has 4 nitrogen and oxygen atoms in total. The zero-order chi connectivity index (χ0) is 12.7. The van der Waals surface area contributed by atoms with Crippen molar-refractivity contribution >= 4 is 5.91 Å². The SMILES string of the molecule is CCCC1NCC(=O)N1CCCOCC(C)C. The van der Waals surface area contributed by atoms with Crippen LogP contribution in [0.2, 0.25) is 0 Å². The Morgan fingerprint density at radius 3 is 2.94 bits per heavy atom. The maximum Gasteiger partial charge on any atom is 0.237 e. The summed E-state index contributed by atoms with van der Waals surface area (Å²) in [4.78, 5) is 13.6. The molecule has 1 unspecified atom stereocenters. The lowest BCUT2D eigenvalue weighted by molar-refractivity contribution is -0.128. The summed E-state index contributed by atoms with van der Waals surface area (Å²) in [7, 11) is 0. The molecule has 1 saturated heterocycles. The second-order valence-corrected chi connectivity index (χ2v) is 5.09. The van der Waals surface area contributed by atoms with E-state index in [1.54, 1.807) is 0 Å². The van der Waals surface area contributed by atoms with Crippen LogP contribution in [0.4, 0.5) is 0 Å². The van der Waals surface area contributed by atoms with Gasteiger partial charge < -0.3 is 9.64 Å². The van der Waals surface area contributed by atoms with Crippen LogP contribution >= 0.6 is 0 Å². The Kier molecular flexibility index (Phi) is 6.52. The summed E-state index contributed by atoms with van der Waals surface area (Å²) in [5.41, 5.74) is 0. The minimum absolute atomic E-state index is 0.229. The van der Waals surface area contributed by atoms with Crippen molar-refractivity contribution < 1.29 is 9.53 Å². The lowest BCUT2D eigenvalue weighted by atomic mass is 10.2. The highest BCUT2D eigenvalue weighted by atomic mass is 16.5. The quantitative estimate of drug-likeness (QED) is 0.657. The molecule has 1 atom stereocenters. The van der Waals surface area contributed by atoms with Gasteiger partial charge in [0.1, 0.15) is 0 Å². The van der Waals surface area contributed by atoms with Crippen molar-refractivity contribution in [3.63, 3.8) is 0 Å². The van der Waals surface area contributed by atoms with Gasteiger partial charge in [-0.1, -0.05) is 27.2 Å². The highest BCUT2D eigenvalue weighted by Gasteiger charge is 2.28. The molecule has 1 N–H and O–H groups in total. The predicted octanol–water partition coefficient (Wildman–Crippen LogP) is 1.61. The Balaban J connectivity index is 2.17. The molecular formula is C13H26N2O2. The fraction of sp³-hybridized carbons (Fsp3) is 0.923. The molecule has 0 aromatic carbocycles. The van der Waals surface area contributed by atoms with Gasteiger partial charge in [-0.05, 0) is 18.8 Å². The van der Waals surface area contributed by atoms with Crippen molar-refractivity contribution in [3.8, 4) is 0 Å². The van der Waals surface area contributed by atoms with E-state index >= 15 is 0 Å². The second kappa shape index (κ2) is 7.67. The van der Waals surface area contributed by atoms with E-state index in [0.29, 0.717) is 12.5 Å². The van der Waals surface area contributed by atoms with Crippen molar-refractivity contribution in [2.45, 2.75) is 46.2 Å². The summed E-state index contributed by atoms with van der Waals surface area (Å²) in [6.07, 6.45) is 3.32. The van der Waals surface area contributed by atoms with E-state index in [1.807, 2.05) is 4.90 Å². The van der Waals surface area contributed by atoms with E-state index < -0.39 is 0 Å². The van der Waals surface area contributed by atoms with Crippen molar-refractivity contribution in [3.05, 3.63) is 0 Å². The van der Waals surface area contributed by atoms with Gasteiger partial charge in [-0.2, -0.15) is 0 Å². The number of hydrogen-bond donors (Lipinski definition) is 1. The third-order valence-electron chi connectivity index (χ3n) is 2.89. The number of carbonyl (C=O) groups is 1. The average molecular weight is 242 g/mol. The molecule has 0 aliphatic carbocycles. The fourth-order valence-electron chi connectivity index (χ4n) is 2.06. The number of nitrogens with zero attached hydrogens (tertiary/aromatic N) is 1. The largest absolute Gasteiger partial charge is 0.381 e. The Hall–Kier alpha value is -0.610. The van der Waals surface area contributed by atoms with Crippen molar-refractivity contribution in [2.75, 3.05) is 26.3 Å². The molecule has 0 bridgehead atoms. The van der Waals surface area contributed by atoms with Crippen LogP contribution in [-0.2, 0) is 9.53 Å². The molecule has 100 valence electrons. The molecule has 1 aliphatic rings. The standard InChI is InChI=1S/C13H26N2O2/c1-4-6-12-14-9-13(16)15(12)7-5-8-17-10-11(2)3/h11-12,14H,4-10H2,1-3H3. The van der Waals surface area contributed by atoms with Gasteiger partial charge in [0.25, 0.3) is 0 Å². The Bertz CT molecular complexity index is 231. The molecule has 0 spiro atoms. The van der Waals surface area contributed by atoms with Crippen LogP contribution in [0.3, 0.4) is 0 Å². The van der Waals surface area contributed by atoms with Crippen LogP contribution in [0.5, 0.6) is 0 Å². The number of rotatable bonds is 8. The monoisotopic (exact) mass is 242 g/mol. The zero-order valence-corrected chi connectivity index (χ0v) is 11.4. The third kappa shape index (κ3) is 5.04. The predicted molar refractivity (Wildman–Crippen MR) is 68.7 cm³/mol. The van der Waals surface area contributed by atoms with Crippen LogP contribution in [0.15, 0.2) is 0 Å². The molecule has 1 amide bonds. The van der Waals surface area contributed by atoms with Crippen LogP contribution in [0.25, 0.3) is 0 Å². The van der Waals surface area contributed by atoms with E-state index in [2.05, 4.69) is 26.1 Å². The molecule has 1 aliphatic heterocycles. The van der Waals surface area contributed by atoms with Gasteiger partial charge >= 0.3 is 0 Å². The smallest absolute Gasteiger partial charge is 0.237 e. The number of ether oxygens (including phenoxy) is 1. The maximum absolute atomic E-state index is 11.7. The summed E-state index contributed by atoms with van der Waals surface area (Å²) in [5.74, 6) is 0.810.